The lowest BCUT2D eigenvalue weighted by Crippen LogP contribution is -2.56. The van der Waals surface area contributed by atoms with Gasteiger partial charge < -0.3 is 10.1 Å². The third-order valence-electron chi connectivity index (χ3n) is 2.63. The van der Waals surface area contributed by atoms with Crippen molar-refractivity contribution in [3.63, 3.8) is 0 Å². The Bertz CT molecular complexity index is 266. The Hall–Kier alpha value is -1.10. The summed E-state index contributed by atoms with van der Waals surface area (Å²) in [7, 11) is 1.34. The predicted molar refractivity (Wildman–Crippen MR) is 59.8 cm³/mol. The lowest BCUT2D eigenvalue weighted by Gasteiger charge is -2.35. The maximum Gasteiger partial charge on any atom is 0.307 e. The fraction of sp³-hybridized carbons (Fsp3) is 0.818. The van der Waals surface area contributed by atoms with Crippen LogP contribution in [0.4, 0.5) is 0 Å². The van der Waals surface area contributed by atoms with E-state index in [1.807, 2.05) is 0 Å². The van der Waals surface area contributed by atoms with Crippen molar-refractivity contribution in [2.45, 2.75) is 26.3 Å². The summed E-state index contributed by atoms with van der Waals surface area (Å²) in [4.78, 5) is 25.0. The second-order valence-electron chi connectivity index (χ2n) is 4.48. The highest BCUT2D eigenvalue weighted by atomic mass is 16.5. The number of hydrogen-bond donors (Lipinski definition) is 1. The average Bonchev–Trinajstić information content (AvgIpc) is 2.22. The van der Waals surface area contributed by atoms with Gasteiger partial charge >= 0.3 is 5.97 Å². The van der Waals surface area contributed by atoms with E-state index >= 15 is 0 Å². The van der Waals surface area contributed by atoms with Crippen LogP contribution in [0.5, 0.6) is 0 Å². The summed E-state index contributed by atoms with van der Waals surface area (Å²) < 4.78 is 4.61. The van der Waals surface area contributed by atoms with Gasteiger partial charge in [-0.2, -0.15) is 0 Å². The summed E-state index contributed by atoms with van der Waals surface area (Å²) in [5.41, 5.74) is 0. The Morgan fingerprint density at radius 2 is 2.31 bits per heavy atom. The first-order valence-corrected chi connectivity index (χ1v) is 5.63. The normalized spacial score (nSPS) is 22.0. The van der Waals surface area contributed by atoms with Crippen LogP contribution < -0.4 is 5.32 Å². The number of hydrogen-bond acceptors (Lipinski definition) is 4. The van der Waals surface area contributed by atoms with E-state index in [9.17, 15) is 9.59 Å². The molecule has 0 spiro atoms. The van der Waals surface area contributed by atoms with Crippen LogP contribution in [0.1, 0.15) is 20.3 Å². The summed E-state index contributed by atoms with van der Waals surface area (Å²) in [5, 5.41) is 2.78. The van der Waals surface area contributed by atoms with Crippen LogP contribution in [0.15, 0.2) is 0 Å². The monoisotopic (exact) mass is 228 g/mol. The van der Waals surface area contributed by atoms with Gasteiger partial charge in [0, 0.05) is 19.6 Å². The number of carbonyl (C=O) groups is 2. The molecule has 0 radical (unpaired) electrons. The highest BCUT2D eigenvalue weighted by molar-refractivity contribution is 5.87. The van der Waals surface area contributed by atoms with Crippen molar-refractivity contribution in [2.75, 3.05) is 26.7 Å². The number of ether oxygens (including phenoxy) is 1. The molecule has 0 saturated carbocycles. The minimum atomic E-state index is -0.372. The number of amides is 1. The highest BCUT2D eigenvalue weighted by Gasteiger charge is 2.31. The second-order valence-corrected chi connectivity index (χ2v) is 4.48. The number of methoxy groups -OCH3 is 1. The first-order valence-electron chi connectivity index (χ1n) is 5.63. The molecule has 0 aromatic carbocycles. The number of nitrogens with one attached hydrogen (secondary N) is 1. The maximum absolute atomic E-state index is 11.7. The molecule has 0 bridgehead atoms. The fourth-order valence-corrected chi connectivity index (χ4v) is 1.91. The number of nitrogens with zero attached hydrogens (tertiary/aromatic N) is 1. The van der Waals surface area contributed by atoms with Gasteiger partial charge in [-0.25, -0.2) is 0 Å². The number of piperazine rings is 1. The molecular weight excluding hydrogens is 208 g/mol. The SMILES string of the molecule is COC(=O)C[C@@H]1C(=O)NCCN1CC(C)C. The average molecular weight is 228 g/mol. The third-order valence-corrected chi connectivity index (χ3v) is 2.63. The van der Waals surface area contributed by atoms with Gasteiger partial charge in [-0.1, -0.05) is 13.8 Å². The van der Waals surface area contributed by atoms with E-state index in [1.165, 1.54) is 7.11 Å². The van der Waals surface area contributed by atoms with Crippen molar-refractivity contribution in [1.29, 1.82) is 0 Å². The molecule has 16 heavy (non-hydrogen) atoms. The van der Waals surface area contributed by atoms with Crippen LogP contribution in [0.2, 0.25) is 0 Å². The molecule has 1 amide bonds. The van der Waals surface area contributed by atoms with E-state index in [1.54, 1.807) is 0 Å². The van der Waals surface area contributed by atoms with Crippen molar-refractivity contribution in [3.05, 3.63) is 0 Å². The van der Waals surface area contributed by atoms with Crippen molar-refractivity contribution in [3.8, 4) is 0 Å². The second kappa shape index (κ2) is 5.84. The minimum Gasteiger partial charge on any atom is -0.469 e. The van der Waals surface area contributed by atoms with Crippen molar-refractivity contribution in [2.24, 2.45) is 5.92 Å². The van der Waals surface area contributed by atoms with E-state index in [0.29, 0.717) is 12.5 Å². The Morgan fingerprint density at radius 3 is 2.88 bits per heavy atom. The summed E-state index contributed by atoms with van der Waals surface area (Å²) >= 11 is 0. The molecule has 1 atom stereocenters. The Balaban J connectivity index is 2.63. The van der Waals surface area contributed by atoms with Crippen LogP contribution in [0.3, 0.4) is 0 Å². The largest absolute Gasteiger partial charge is 0.469 e. The number of esters is 1. The smallest absolute Gasteiger partial charge is 0.307 e. The molecule has 1 aliphatic heterocycles. The zero-order valence-corrected chi connectivity index (χ0v) is 10.2. The van der Waals surface area contributed by atoms with E-state index in [0.717, 1.165) is 13.1 Å². The molecule has 1 heterocycles. The Labute approximate surface area is 96.1 Å². The quantitative estimate of drug-likeness (QED) is 0.688. The van der Waals surface area contributed by atoms with Gasteiger partial charge in [-0.05, 0) is 5.92 Å². The summed E-state index contributed by atoms with van der Waals surface area (Å²) in [6.45, 7) is 6.48. The molecule has 0 aliphatic carbocycles. The molecule has 1 aliphatic rings. The van der Waals surface area contributed by atoms with Gasteiger partial charge in [-0.3, -0.25) is 14.5 Å². The standard InChI is InChI=1S/C11H20N2O3/c1-8(2)7-13-5-4-12-11(15)9(13)6-10(14)16-3/h8-9H,4-7H2,1-3H3,(H,12,15)/t9-/m1/s1. The van der Waals surface area contributed by atoms with Gasteiger partial charge in [0.05, 0.1) is 19.6 Å². The molecule has 1 N–H and O–H groups in total. The number of rotatable bonds is 4. The van der Waals surface area contributed by atoms with Crippen molar-refractivity contribution < 1.29 is 14.3 Å². The molecule has 1 saturated heterocycles. The summed E-state index contributed by atoms with van der Waals surface area (Å²) in [6.07, 6.45) is 0.134. The fourth-order valence-electron chi connectivity index (χ4n) is 1.91. The van der Waals surface area contributed by atoms with Crippen molar-refractivity contribution >= 4 is 11.9 Å². The van der Waals surface area contributed by atoms with E-state index < -0.39 is 0 Å². The van der Waals surface area contributed by atoms with Gasteiger partial charge in [-0.15, -0.1) is 0 Å². The molecule has 5 nitrogen and oxygen atoms in total. The van der Waals surface area contributed by atoms with Crippen LogP contribution in [0, 0.1) is 5.92 Å². The zero-order valence-electron chi connectivity index (χ0n) is 10.2. The predicted octanol–water partition coefficient (Wildman–Crippen LogP) is 0.00590. The van der Waals surface area contributed by atoms with Gasteiger partial charge in [0.15, 0.2) is 0 Å². The van der Waals surface area contributed by atoms with Crippen molar-refractivity contribution in [1.82, 2.24) is 10.2 Å². The van der Waals surface area contributed by atoms with Crippen LogP contribution in [-0.2, 0) is 14.3 Å². The van der Waals surface area contributed by atoms with E-state index in [-0.39, 0.29) is 24.3 Å². The van der Waals surface area contributed by atoms with Gasteiger partial charge in [0.1, 0.15) is 0 Å². The molecule has 1 fully saturated rings. The topological polar surface area (TPSA) is 58.6 Å². The maximum atomic E-state index is 11.7. The highest BCUT2D eigenvalue weighted by Crippen LogP contribution is 2.12. The zero-order chi connectivity index (χ0) is 12.1. The van der Waals surface area contributed by atoms with Gasteiger partial charge in [0.2, 0.25) is 5.91 Å². The lowest BCUT2D eigenvalue weighted by atomic mass is 10.1. The molecule has 0 unspecified atom stereocenters. The van der Waals surface area contributed by atoms with E-state index in [4.69, 9.17) is 0 Å². The summed E-state index contributed by atoms with van der Waals surface area (Å²) in [5.74, 6) is 0.0687. The van der Waals surface area contributed by atoms with Crippen LogP contribution in [0.25, 0.3) is 0 Å². The van der Waals surface area contributed by atoms with Gasteiger partial charge in [0.25, 0.3) is 0 Å². The third kappa shape index (κ3) is 3.48. The van der Waals surface area contributed by atoms with Crippen LogP contribution in [-0.4, -0.2) is 49.6 Å². The Morgan fingerprint density at radius 1 is 1.62 bits per heavy atom. The summed E-state index contributed by atoms with van der Waals surface area (Å²) in [6, 6.07) is -0.372. The first-order chi connectivity index (χ1) is 7.54. The molecule has 92 valence electrons. The number of carbonyl (C=O) groups excluding carboxylic acids is 2. The molecule has 0 aromatic heterocycles. The minimum absolute atomic E-state index is 0.0719. The molecule has 5 heteroatoms. The van der Waals surface area contributed by atoms with Crippen LogP contribution >= 0.6 is 0 Å². The molecule has 0 aromatic rings. The Kier molecular flexibility index (Phi) is 4.73. The van der Waals surface area contributed by atoms with E-state index in [2.05, 4.69) is 28.8 Å². The molecule has 1 rings (SSSR count). The molecular formula is C11H20N2O3. The first kappa shape index (κ1) is 13.0. The lowest BCUT2D eigenvalue weighted by molar-refractivity contribution is -0.146.